The van der Waals surface area contributed by atoms with E-state index in [1.165, 1.54) is 0 Å². The molecule has 0 saturated heterocycles. The third kappa shape index (κ3) is 7.37. The molecule has 2 aromatic carbocycles. The first-order valence-corrected chi connectivity index (χ1v) is 10.3. The monoisotopic (exact) mass is 394 g/mol. The lowest BCUT2D eigenvalue weighted by molar-refractivity contribution is -0.140. The molecule has 0 heterocycles. The minimum Gasteiger partial charge on any atom is -0.350 e. The summed E-state index contributed by atoms with van der Waals surface area (Å²) in [6.45, 7) is 12.2. The molecule has 0 aliphatic heterocycles. The molecule has 0 radical (unpaired) electrons. The summed E-state index contributed by atoms with van der Waals surface area (Å²) in [7, 11) is 0. The van der Waals surface area contributed by atoms with E-state index in [9.17, 15) is 9.59 Å². The Balaban J connectivity index is 2.19. The highest BCUT2D eigenvalue weighted by molar-refractivity contribution is 5.88. The molecule has 0 bridgehead atoms. The molecule has 2 amide bonds. The molecule has 0 aliphatic rings. The summed E-state index contributed by atoms with van der Waals surface area (Å²) < 4.78 is 0. The molecule has 29 heavy (non-hydrogen) atoms. The van der Waals surface area contributed by atoms with Crippen LogP contribution in [0, 0.1) is 13.8 Å². The zero-order chi connectivity index (χ0) is 21.6. The summed E-state index contributed by atoms with van der Waals surface area (Å²) in [5.41, 5.74) is 4.08. The third-order valence-electron chi connectivity index (χ3n) is 4.79. The number of nitrogens with one attached hydrogen (secondary N) is 1. The summed E-state index contributed by atoms with van der Waals surface area (Å²) in [6, 6.07) is 15.7. The molecule has 156 valence electrons. The maximum absolute atomic E-state index is 13.2. The largest absolute Gasteiger partial charge is 0.350 e. The van der Waals surface area contributed by atoms with E-state index >= 15 is 0 Å². The predicted octanol–water partition coefficient (Wildman–Crippen LogP) is 4.22. The van der Waals surface area contributed by atoms with Crippen LogP contribution in [-0.4, -0.2) is 34.8 Å². The second-order valence-corrected chi connectivity index (χ2v) is 8.91. The van der Waals surface area contributed by atoms with Crippen molar-refractivity contribution in [2.45, 2.75) is 66.0 Å². The normalized spacial score (nSPS) is 12.3. The Morgan fingerprint density at radius 1 is 0.966 bits per heavy atom. The van der Waals surface area contributed by atoms with Gasteiger partial charge in [0.05, 0.1) is 6.42 Å². The van der Waals surface area contributed by atoms with Gasteiger partial charge in [-0.15, -0.1) is 0 Å². The fourth-order valence-electron chi connectivity index (χ4n) is 3.49. The van der Waals surface area contributed by atoms with Gasteiger partial charge in [-0.25, -0.2) is 0 Å². The molecular formula is C25H34N2O2. The average Bonchev–Trinajstić information content (AvgIpc) is 2.60. The Morgan fingerprint density at radius 3 is 2.10 bits per heavy atom. The van der Waals surface area contributed by atoms with E-state index in [0.717, 1.165) is 22.3 Å². The van der Waals surface area contributed by atoms with Crippen molar-refractivity contribution < 1.29 is 9.59 Å². The SMILES string of the molecule is Cc1cc(C)cc(CC(=O)N(CCc2ccccc2)[C@@H](C)C(=O)NC(C)(C)C)c1. The highest BCUT2D eigenvalue weighted by Crippen LogP contribution is 2.14. The number of carbonyl (C=O) groups excluding carboxylic acids is 2. The van der Waals surface area contributed by atoms with E-state index in [4.69, 9.17) is 0 Å². The highest BCUT2D eigenvalue weighted by Gasteiger charge is 2.28. The molecule has 0 spiro atoms. The standard InChI is InChI=1S/C25H34N2O2/c1-18-14-19(2)16-22(15-18)17-23(28)27(13-12-21-10-8-7-9-11-21)20(3)24(29)26-25(4,5)6/h7-11,14-16,20H,12-13,17H2,1-6H3,(H,26,29)/t20-/m0/s1. The van der Waals surface area contributed by atoms with E-state index in [1.54, 1.807) is 4.90 Å². The van der Waals surface area contributed by atoms with Gasteiger partial charge in [0.2, 0.25) is 11.8 Å². The van der Waals surface area contributed by atoms with Gasteiger partial charge in [-0.1, -0.05) is 59.7 Å². The van der Waals surface area contributed by atoms with Gasteiger partial charge in [-0.3, -0.25) is 9.59 Å². The van der Waals surface area contributed by atoms with Crippen LogP contribution in [0.3, 0.4) is 0 Å². The van der Waals surface area contributed by atoms with Crippen molar-refractivity contribution in [1.82, 2.24) is 10.2 Å². The number of hydrogen-bond acceptors (Lipinski definition) is 2. The summed E-state index contributed by atoms with van der Waals surface area (Å²) >= 11 is 0. The van der Waals surface area contributed by atoms with Crippen LogP contribution in [0.25, 0.3) is 0 Å². The first-order chi connectivity index (χ1) is 13.5. The fraction of sp³-hybridized carbons (Fsp3) is 0.440. The topological polar surface area (TPSA) is 49.4 Å². The zero-order valence-electron chi connectivity index (χ0n) is 18.6. The number of rotatable bonds is 7. The predicted molar refractivity (Wildman–Crippen MR) is 119 cm³/mol. The lowest BCUT2D eigenvalue weighted by Gasteiger charge is -2.31. The van der Waals surface area contributed by atoms with Crippen LogP contribution in [0.4, 0.5) is 0 Å². The van der Waals surface area contributed by atoms with Gasteiger partial charge in [0, 0.05) is 12.1 Å². The number of amides is 2. The minimum atomic E-state index is -0.531. The smallest absolute Gasteiger partial charge is 0.242 e. The van der Waals surface area contributed by atoms with Gasteiger partial charge >= 0.3 is 0 Å². The van der Waals surface area contributed by atoms with E-state index < -0.39 is 6.04 Å². The molecule has 0 unspecified atom stereocenters. The third-order valence-corrected chi connectivity index (χ3v) is 4.79. The summed E-state index contributed by atoms with van der Waals surface area (Å²) in [4.78, 5) is 27.7. The van der Waals surface area contributed by atoms with E-state index in [2.05, 4.69) is 11.4 Å². The number of benzene rings is 2. The molecule has 0 saturated carbocycles. The van der Waals surface area contributed by atoms with Gasteiger partial charge in [0.1, 0.15) is 6.04 Å². The van der Waals surface area contributed by atoms with Crippen molar-refractivity contribution in [2.24, 2.45) is 0 Å². The Hall–Kier alpha value is -2.62. The summed E-state index contributed by atoms with van der Waals surface area (Å²) in [5.74, 6) is -0.151. The van der Waals surface area contributed by atoms with E-state index in [0.29, 0.717) is 19.4 Å². The lowest BCUT2D eigenvalue weighted by Crippen LogP contribution is -2.53. The second-order valence-electron chi connectivity index (χ2n) is 8.91. The molecule has 0 aromatic heterocycles. The molecule has 1 N–H and O–H groups in total. The van der Waals surface area contributed by atoms with Crippen LogP contribution in [0.2, 0.25) is 0 Å². The van der Waals surface area contributed by atoms with E-state index in [1.807, 2.05) is 84.0 Å². The van der Waals surface area contributed by atoms with Gasteiger partial charge in [-0.05, 0) is 59.1 Å². The molecular weight excluding hydrogens is 360 g/mol. The maximum Gasteiger partial charge on any atom is 0.242 e. The van der Waals surface area contributed by atoms with Crippen molar-refractivity contribution in [3.63, 3.8) is 0 Å². The number of nitrogens with zero attached hydrogens (tertiary/aromatic N) is 1. The Labute approximate surface area is 175 Å². The van der Waals surface area contributed by atoms with Gasteiger partial charge < -0.3 is 10.2 Å². The van der Waals surface area contributed by atoms with Crippen molar-refractivity contribution in [3.8, 4) is 0 Å². The van der Waals surface area contributed by atoms with Crippen LogP contribution in [-0.2, 0) is 22.4 Å². The van der Waals surface area contributed by atoms with Crippen LogP contribution in [0.15, 0.2) is 48.5 Å². The Bertz CT molecular complexity index is 817. The highest BCUT2D eigenvalue weighted by atomic mass is 16.2. The first kappa shape index (κ1) is 22.7. The Morgan fingerprint density at radius 2 is 1.55 bits per heavy atom. The first-order valence-electron chi connectivity index (χ1n) is 10.3. The van der Waals surface area contributed by atoms with Crippen molar-refractivity contribution in [2.75, 3.05) is 6.54 Å². The molecule has 2 aromatic rings. The quantitative estimate of drug-likeness (QED) is 0.764. The van der Waals surface area contributed by atoms with Crippen molar-refractivity contribution in [1.29, 1.82) is 0 Å². The molecule has 4 heteroatoms. The zero-order valence-corrected chi connectivity index (χ0v) is 18.6. The lowest BCUT2D eigenvalue weighted by atomic mass is 10.0. The van der Waals surface area contributed by atoms with Crippen LogP contribution in [0.1, 0.15) is 49.9 Å². The summed E-state index contributed by atoms with van der Waals surface area (Å²) in [5, 5.41) is 3.00. The molecule has 0 fully saturated rings. The van der Waals surface area contributed by atoms with Crippen molar-refractivity contribution in [3.05, 3.63) is 70.8 Å². The summed E-state index contributed by atoms with van der Waals surface area (Å²) in [6.07, 6.45) is 1.01. The fourth-order valence-corrected chi connectivity index (χ4v) is 3.49. The van der Waals surface area contributed by atoms with Crippen molar-refractivity contribution >= 4 is 11.8 Å². The molecule has 1 atom stereocenters. The van der Waals surface area contributed by atoms with Gasteiger partial charge in [-0.2, -0.15) is 0 Å². The minimum absolute atomic E-state index is 0.0255. The van der Waals surface area contributed by atoms with Gasteiger partial charge in [0.25, 0.3) is 0 Å². The van der Waals surface area contributed by atoms with Crippen LogP contribution in [0.5, 0.6) is 0 Å². The van der Waals surface area contributed by atoms with Crippen LogP contribution >= 0.6 is 0 Å². The van der Waals surface area contributed by atoms with Crippen LogP contribution < -0.4 is 5.32 Å². The molecule has 2 rings (SSSR count). The van der Waals surface area contributed by atoms with Gasteiger partial charge in [0.15, 0.2) is 0 Å². The molecule has 4 nitrogen and oxygen atoms in total. The average molecular weight is 395 g/mol. The number of hydrogen-bond donors (Lipinski definition) is 1. The second kappa shape index (κ2) is 9.73. The maximum atomic E-state index is 13.2. The Kier molecular flexibility index (Phi) is 7.60. The van der Waals surface area contributed by atoms with E-state index in [-0.39, 0.29) is 17.4 Å². The number of aryl methyl sites for hydroxylation is 2. The molecule has 0 aliphatic carbocycles. The number of carbonyl (C=O) groups is 2.